The van der Waals surface area contributed by atoms with Crippen LogP contribution in [-0.4, -0.2) is 5.16 Å². The Hall–Kier alpha value is -1.57. The van der Waals surface area contributed by atoms with E-state index in [1.807, 2.05) is 6.07 Å². The molecule has 2 heteroatoms. The highest BCUT2D eigenvalue weighted by molar-refractivity contribution is 5.29. The minimum Gasteiger partial charge on any atom is -0.365 e. The van der Waals surface area contributed by atoms with Crippen molar-refractivity contribution in [2.75, 3.05) is 0 Å². The molecule has 1 aromatic carbocycles. The van der Waals surface area contributed by atoms with Gasteiger partial charge in [-0.3, -0.25) is 0 Å². The lowest BCUT2D eigenvalue weighted by Gasteiger charge is -2.12. The van der Waals surface area contributed by atoms with Gasteiger partial charge in [0.2, 0.25) is 0 Å². The highest BCUT2D eigenvalue weighted by Gasteiger charge is 2.10. The molecular formula is C13H15NO. The normalized spacial score (nSPS) is 12.7. The van der Waals surface area contributed by atoms with E-state index in [4.69, 9.17) is 4.52 Å². The molecule has 0 aliphatic carbocycles. The van der Waals surface area contributed by atoms with Gasteiger partial charge in [-0.1, -0.05) is 36.3 Å². The number of rotatable bonds is 3. The number of aromatic nitrogens is 1. The minimum absolute atomic E-state index is 0.483. The van der Waals surface area contributed by atoms with E-state index in [2.05, 4.69) is 43.3 Å². The summed E-state index contributed by atoms with van der Waals surface area (Å²) in [6.45, 7) is 4.37. The first-order chi connectivity index (χ1) is 7.27. The van der Waals surface area contributed by atoms with Crippen LogP contribution < -0.4 is 0 Å². The molecule has 0 aliphatic rings. The standard InChI is InChI=1S/C13H15NO/c1-10-5-3-4-6-13(10)11(2)9-12-7-8-15-14-12/h3-8,11H,9H2,1-2H3. The molecule has 1 heterocycles. The second kappa shape index (κ2) is 4.30. The molecule has 2 aromatic rings. The van der Waals surface area contributed by atoms with Gasteiger partial charge < -0.3 is 4.52 Å². The van der Waals surface area contributed by atoms with Crippen molar-refractivity contribution in [1.82, 2.24) is 5.16 Å². The lowest BCUT2D eigenvalue weighted by atomic mass is 9.93. The van der Waals surface area contributed by atoms with E-state index in [-0.39, 0.29) is 0 Å². The molecule has 0 spiro atoms. The summed E-state index contributed by atoms with van der Waals surface area (Å²) in [5, 5.41) is 3.94. The van der Waals surface area contributed by atoms with Crippen LogP contribution >= 0.6 is 0 Å². The summed E-state index contributed by atoms with van der Waals surface area (Å²) in [6, 6.07) is 10.4. The van der Waals surface area contributed by atoms with Gasteiger partial charge in [0.25, 0.3) is 0 Å². The fourth-order valence-electron chi connectivity index (χ4n) is 1.91. The molecule has 1 atom stereocenters. The van der Waals surface area contributed by atoms with Crippen molar-refractivity contribution in [2.24, 2.45) is 0 Å². The second-order valence-corrected chi connectivity index (χ2v) is 3.95. The molecule has 1 unspecified atom stereocenters. The fourth-order valence-corrected chi connectivity index (χ4v) is 1.91. The monoisotopic (exact) mass is 201 g/mol. The molecule has 0 fully saturated rings. The van der Waals surface area contributed by atoms with Crippen LogP contribution in [0.25, 0.3) is 0 Å². The van der Waals surface area contributed by atoms with E-state index in [0.717, 1.165) is 12.1 Å². The van der Waals surface area contributed by atoms with Gasteiger partial charge in [-0.25, -0.2) is 0 Å². The van der Waals surface area contributed by atoms with E-state index in [1.54, 1.807) is 6.26 Å². The molecule has 0 N–H and O–H groups in total. The van der Waals surface area contributed by atoms with Crippen LogP contribution in [-0.2, 0) is 6.42 Å². The molecule has 78 valence electrons. The van der Waals surface area contributed by atoms with Gasteiger partial charge in [0.05, 0.1) is 5.69 Å². The van der Waals surface area contributed by atoms with E-state index in [1.165, 1.54) is 11.1 Å². The van der Waals surface area contributed by atoms with E-state index >= 15 is 0 Å². The van der Waals surface area contributed by atoms with Crippen LogP contribution in [0, 0.1) is 6.92 Å². The molecule has 0 saturated heterocycles. The van der Waals surface area contributed by atoms with Gasteiger partial charge >= 0.3 is 0 Å². The third-order valence-corrected chi connectivity index (χ3v) is 2.73. The van der Waals surface area contributed by atoms with E-state index < -0.39 is 0 Å². The number of benzene rings is 1. The van der Waals surface area contributed by atoms with Crippen molar-refractivity contribution >= 4 is 0 Å². The van der Waals surface area contributed by atoms with E-state index in [0.29, 0.717) is 5.92 Å². The minimum atomic E-state index is 0.483. The van der Waals surface area contributed by atoms with Gasteiger partial charge in [-0.2, -0.15) is 0 Å². The van der Waals surface area contributed by atoms with Crippen LogP contribution in [0.1, 0.15) is 29.7 Å². The molecule has 2 rings (SSSR count). The topological polar surface area (TPSA) is 26.0 Å². The van der Waals surface area contributed by atoms with Crippen LogP contribution in [0.3, 0.4) is 0 Å². The average molecular weight is 201 g/mol. The zero-order valence-corrected chi connectivity index (χ0v) is 9.10. The maximum atomic E-state index is 4.83. The number of nitrogens with zero attached hydrogens (tertiary/aromatic N) is 1. The second-order valence-electron chi connectivity index (χ2n) is 3.95. The van der Waals surface area contributed by atoms with Crippen molar-refractivity contribution in [3.8, 4) is 0 Å². The molecule has 0 saturated carbocycles. The van der Waals surface area contributed by atoms with Gasteiger partial charge in [0.1, 0.15) is 6.26 Å². The van der Waals surface area contributed by atoms with Crippen LogP contribution in [0.2, 0.25) is 0 Å². The van der Waals surface area contributed by atoms with Crippen molar-refractivity contribution in [3.63, 3.8) is 0 Å². The zero-order valence-electron chi connectivity index (χ0n) is 9.10. The molecule has 15 heavy (non-hydrogen) atoms. The lowest BCUT2D eigenvalue weighted by molar-refractivity contribution is 0.409. The molecule has 0 bridgehead atoms. The summed E-state index contributed by atoms with van der Waals surface area (Å²) in [4.78, 5) is 0. The first-order valence-electron chi connectivity index (χ1n) is 5.22. The van der Waals surface area contributed by atoms with Crippen LogP contribution in [0.4, 0.5) is 0 Å². The summed E-state index contributed by atoms with van der Waals surface area (Å²) < 4.78 is 4.83. The Kier molecular flexibility index (Phi) is 2.86. The fraction of sp³-hybridized carbons (Fsp3) is 0.308. The molecule has 0 aliphatic heterocycles. The maximum Gasteiger partial charge on any atom is 0.124 e. The van der Waals surface area contributed by atoms with E-state index in [9.17, 15) is 0 Å². The highest BCUT2D eigenvalue weighted by Crippen LogP contribution is 2.22. The Labute approximate surface area is 89.9 Å². The number of hydrogen-bond acceptors (Lipinski definition) is 2. The average Bonchev–Trinajstić information content (AvgIpc) is 2.71. The SMILES string of the molecule is Cc1ccccc1C(C)Cc1ccon1. The third kappa shape index (κ3) is 2.27. The summed E-state index contributed by atoms with van der Waals surface area (Å²) in [5.41, 5.74) is 3.75. The molecule has 1 aromatic heterocycles. The van der Waals surface area contributed by atoms with Crippen LogP contribution in [0.5, 0.6) is 0 Å². The Bertz CT molecular complexity index is 420. The maximum absolute atomic E-state index is 4.83. The Morgan fingerprint density at radius 2 is 2.07 bits per heavy atom. The van der Waals surface area contributed by atoms with Crippen molar-refractivity contribution in [3.05, 3.63) is 53.4 Å². The van der Waals surface area contributed by atoms with Crippen molar-refractivity contribution in [2.45, 2.75) is 26.2 Å². The molecule has 0 amide bonds. The van der Waals surface area contributed by atoms with Crippen molar-refractivity contribution < 1.29 is 4.52 Å². The number of aryl methyl sites for hydroxylation is 1. The van der Waals surface area contributed by atoms with Gasteiger partial charge in [-0.15, -0.1) is 0 Å². The molecule has 0 radical (unpaired) electrons. The zero-order chi connectivity index (χ0) is 10.7. The Morgan fingerprint density at radius 3 is 2.73 bits per heavy atom. The van der Waals surface area contributed by atoms with Gasteiger partial charge in [-0.05, 0) is 30.4 Å². The number of hydrogen-bond donors (Lipinski definition) is 0. The summed E-state index contributed by atoms with van der Waals surface area (Å²) >= 11 is 0. The Morgan fingerprint density at radius 1 is 1.27 bits per heavy atom. The quantitative estimate of drug-likeness (QED) is 0.761. The summed E-state index contributed by atoms with van der Waals surface area (Å²) in [5.74, 6) is 0.483. The molecule has 2 nitrogen and oxygen atoms in total. The Balaban J connectivity index is 2.15. The van der Waals surface area contributed by atoms with Gasteiger partial charge in [0, 0.05) is 6.07 Å². The van der Waals surface area contributed by atoms with Gasteiger partial charge in [0.15, 0.2) is 0 Å². The first-order valence-corrected chi connectivity index (χ1v) is 5.22. The predicted molar refractivity (Wildman–Crippen MR) is 59.8 cm³/mol. The largest absolute Gasteiger partial charge is 0.365 e. The smallest absolute Gasteiger partial charge is 0.124 e. The summed E-state index contributed by atoms with van der Waals surface area (Å²) in [7, 11) is 0. The first kappa shape index (κ1) is 9.97. The lowest BCUT2D eigenvalue weighted by Crippen LogP contribution is -2.00. The van der Waals surface area contributed by atoms with Crippen molar-refractivity contribution in [1.29, 1.82) is 0 Å². The molecular weight excluding hydrogens is 186 g/mol. The third-order valence-electron chi connectivity index (χ3n) is 2.73. The highest BCUT2D eigenvalue weighted by atomic mass is 16.5. The predicted octanol–water partition coefficient (Wildman–Crippen LogP) is 3.33. The van der Waals surface area contributed by atoms with Crippen LogP contribution in [0.15, 0.2) is 41.1 Å². The summed E-state index contributed by atoms with van der Waals surface area (Å²) in [6.07, 6.45) is 2.56.